The lowest BCUT2D eigenvalue weighted by Gasteiger charge is -1.97. The summed E-state index contributed by atoms with van der Waals surface area (Å²) in [5.41, 5.74) is 1.05. The van der Waals surface area contributed by atoms with Gasteiger partial charge < -0.3 is 0 Å². The first-order valence-electron chi connectivity index (χ1n) is 5.68. The van der Waals surface area contributed by atoms with Crippen LogP contribution in [0.4, 0.5) is 0 Å². The predicted molar refractivity (Wildman–Crippen MR) is 79.6 cm³/mol. The van der Waals surface area contributed by atoms with E-state index in [9.17, 15) is 0 Å². The highest BCUT2D eigenvalue weighted by Crippen LogP contribution is 2.36. The van der Waals surface area contributed by atoms with Crippen molar-refractivity contribution in [3.63, 3.8) is 0 Å². The largest absolute Gasteiger partial charge is 0.253 e. The SMILES string of the molecule is Clc1cnc2c(c1)sc1cc3ccccc3cc12. The summed E-state index contributed by atoms with van der Waals surface area (Å²) in [5, 5.41) is 4.42. The normalized spacial score (nSPS) is 11.6. The smallest absolute Gasteiger partial charge is 0.0889 e. The molecule has 0 aliphatic rings. The minimum absolute atomic E-state index is 0.693. The van der Waals surface area contributed by atoms with E-state index in [1.165, 1.54) is 20.9 Å². The van der Waals surface area contributed by atoms with E-state index in [2.05, 4.69) is 41.4 Å². The number of benzene rings is 2. The number of hydrogen-bond acceptors (Lipinski definition) is 2. The van der Waals surface area contributed by atoms with Gasteiger partial charge in [-0.1, -0.05) is 35.9 Å². The third-order valence-electron chi connectivity index (χ3n) is 3.14. The van der Waals surface area contributed by atoms with Gasteiger partial charge in [0.1, 0.15) is 0 Å². The molecule has 0 radical (unpaired) electrons. The molecule has 0 aliphatic heterocycles. The number of thiophene rings is 1. The second kappa shape index (κ2) is 3.67. The van der Waals surface area contributed by atoms with Crippen molar-refractivity contribution in [3.05, 3.63) is 53.7 Å². The molecular formula is C15H8ClNS. The fourth-order valence-electron chi connectivity index (χ4n) is 2.31. The fraction of sp³-hybridized carbons (Fsp3) is 0. The maximum Gasteiger partial charge on any atom is 0.0889 e. The van der Waals surface area contributed by atoms with E-state index in [1.54, 1.807) is 17.5 Å². The van der Waals surface area contributed by atoms with E-state index >= 15 is 0 Å². The quantitative estimate of drug-likeness (QED) is 0.424. The monoisotopic (exact) mass is 269 g/mol. The zero-order valence-electron chi connectivity index (χ0n) is 9.35. The van der Waals surface area contributed by atoms with Crippen molar-refractivity contribution >= 4 is 54.0 Å². The number of nitrogens with zero attached hydrogens (tertiary/aromatic N) is 1. The standard InChI is InChI=1S/C15H8ClNS/c16-11-7-14-15(17-8-11)12-5-9-3-1-2-4-10(9)6-13(12)18-14/h1-8H. The van der Waals surface area contributed by atoms with Crippen LogP contribution >= 0.6 is 22.9 Å². The van der Waals surface area contributed by atoms with E-state index < -0.39 is 0 Å². The summed E-state index contributed by atoms with van der Waals surface area (Å²) in [6, 6.07) is 14.8. The molecule has 3 heteroatoms. The van der Waals surface area contributed by atoms with Crippen molar-refractivity contribution in [3.8, 4) is 0 Å². The second-order valence-electron chi connectivity index (χ2n) is 4.30. The van der Waals surface area contributed by atoms with Gasteiger partial charge in [0.05, 0.1) is 15.2 Å². The van der Waals surface area contributed by atoms with Crippen LogP contribution in [0.2, 0.25) is 5.02 Å². The molecule has 0 aliphatic carbocycles. The lowest BCUT2D eigenvalue weighted by Crippen LogP contribution is -1.75. The number of pyridine rings is 1. The Labute approximate surface area is 113 Å². The van der Waals surface area contributed by atoms with Crippen molar-refractivity contribution in [2.24, 2.45) is 0 Å². The van der Waals surface area contributed by atoms with Crippen LogP contribution in [0.1, 0.15) is 0 Å². The zero-order chi connectivity index (χ0) is 12.1. The number of halogens is 1. The maximum absolute atomic E-state index is 6.00. The number of rotatable bonds is 0. The number of aromatic nitrogens is 1. The Morgan fingerprint density at radius 1 is 0.944 bits per heavy atom. The Kier molecular flexibility index (Phi) is 2.10. The minimum Gasteiger partial charge on any atom is -0.253 e. The molecular weight excluding hydrogens is 262 g/mol. The molecule has 0 spiro atoms. The summed E-state index contributed by atoms with van der Waals surface area (Å²) in [4.78, 5) is 4.45. The molecule has 2 aromatic heterocycles. The van der Waals surface area contributed by atoms with E-state index in [-0.39, 0.29) is 0 Å². The molecule has 0 saturated heterocycles. The molecule has 0 amide bonds. The first-order chi connectivity index (χ1) is 8.81. The molecule has 0 N–H and O–H groups in total. The van der Waals surface area contributed by atoms with Gasteiger partial charge in [-0.15, -0.1) is 11.3 Å². The topological polar surface area (TPSA) is 12.9 Å². The van der Waals surface area contributed by atoms with Crippen LogP contribution in [-0.2, 0) is 0 Å². The van der Waals surface area contributed by atoms with Crippen LogP contribution < -0.4 is 0 Å². The van der Waals surface area contributed by atoms with Crippen molar-refractivity contribution in [2.45, 2.75) is 0 Å². The van der Waals surface area contributed by atoms with Gasteiger partial charge in [0, 0.05) is 16.3 Å². The van der Waals surface area contributed by atoms with E-state index in [1.807, 2.05) is 6.07 Å². The molecule has 18 heavy (non-hydrogen) atoms. The second-order valence-corrected chi connectivity index (χ2v) is 5.82. The molecule has 2 aromatic carbocycles. The molecule has 4 aromatic rings. The van der Waals surface area contributed by atoms with Crippen molar-refractivity contribution in [2.75, 3.05) is 0 Å². The van der Waals surface area contributed by atoms with Gasteiger partial charge in [0.15, 0.2) is 0 Å². The molecule has 86 valence electrons. The molecule has 0 saturated carbocycles. The maximum atomic E-state index is 6.00. The lowest BCUT2D eigenvalue weighted by atomic mass is 10.1. The highest BCUT2D eigenvalue weighted by atomic mass is 35.5. The Bertz CT molecular complexity index is 895. The molecule has 1 nitrogen and oxygen atoms in total. The van der Waals surface area contributed by atoms with E-state index in [4.69, 9.17) is 11.6 Å². The van der Waals surface area contributed by atoms with Gasteiger partial charge in [0.25, 0.3) is 0 Å². The van der Waals surface area contributed by atoms with E-state index in [0.717, 1.165) is 10.2 Å². The van der Waals surface area contributed by atoms with Crippen LogP contribution in [0.3, 0.4) is 0 Å². The summed E-state index contributed by atoms with van der Waals surface area (Å²) in [6.07, 6.45) is 1.71. The molecule has 2 heterocycles. The lowest BCUT2D eigenvalue weighted by molar-refractivity contribution is 1.44. The van der Waals surface area contributed by atoms with E-state index in [0.29, 0.717) is 5.02 Å². The van der Waals surface area contributed by atoms with Crippen LogP contribution in [0.5, 0.6) is 0 Å². The molecule has 0 bridgehead atoms. The third kappa shape index (κ3) is 1.43. The van der Waals surface area contributed by atoms with Crippen LogP contribution in [0, 0.1) is 0 Å². The fourth-order valence-corrected chi connectivity index (χ4v) is 3.66. The Morgan fingerprint density at radius 3 is 2.56 bits per heavy atom. The molecule has 0 atom stereocenters. The molecule has 0 fully saturated rings. The van der Waals surface area contributed by atoms with Crippen molar-refractivity contribution < 1.29 is 0 Å². The minimum atomic E-state index is 0.693. The third-order valence-corrected chi connectivity index (χ3v) is 4.44. The van der Waals surface area contributed by atoms with Gasteiger partial charge >= 0.3 is 0 Å². The summed E-state index contributed by atoms with van der Waals surface area (Å²) in [6.45, 7) is 0. The number of hydrogen-bond donors (Lipinski definition) is 0. The average Bonchev–Trinajstić information content (AvgIpc) is 2.72. The predicted octanol–water partition coefficient (Wildman–Crippen LogP) is 5.26. The summed E-state index contributed by atoms with van der Waals surface area (Å²) >= 11 is 7.74. The van der Waals surface area contributed by atoms with Gasteiger partial charge in [0.2, 0.25) is 0 Å². The molecule has 0 unspecified atom stereocenters. The first-order valence-corrected chi connectivity index (χ1v) is 6.87. The number of fused-ring (bicyclic) bond motifs is 4. The Balaban J connectivity index is 2.23. The molecule has 4 rings (SSSR count). The summed E-state index contributed by atoms with van der Waals surface area (Å²) < 4.78 is 2.41. The van der Waals surface area contributed by atoms with Crippen molar-refractivity contribution in [1.29, 1.82) is 0 Å². The summed E-state index contributed by atoms with van der Waals surface area (Å²) in [5.74, 6) is 0. The van der Waals surface area contributed by atoms with Gasteiger partial charge in [-0.2, -0.15) is 0 Å². The van der Waals surface area contributed by atoms with Gasteiger partial charge in [-0.25, -0.2) is 0 Å². The highest BCUT2D eigenvalue weighted by Gasteiger charge is 2.07. The Hall–Kier alpha value is -1.64. The van der Waals surface area contributed by atoms with Gasteiger partial charge in [-0.05, 0) is 29.0 Å². The van der Waals surface area contributed by atoms with Crippen LogP contribution in [0.25, 0.3) is 31.1 Å². The van der Waals surface area contributed by atoms with Crippen molar-refractivity contribution in [1.82, 2.24) is 4.98 Å². The van der Waals surface area contributed by atoms with Crippen LogP contribution in [-0.4, -0.2) is 4.98 Å². The van der Waals surface area contributed by atoms with Gasteiger partial charge in [-0.3, -0.25) is 4.98 Å². The van der Waals surface area contributed by atoms with Crippen LogP contribution in [0.15, 0.2) is 48.7 Å². The zero-order valence-corrected chi connectivity index (χ0v) is 10.9. The summed E-state index contributed by atoms with van der Waals surface area (Å²) in [7, 11) is 0. The highest BCUT2D eigenvalue weighted by molar-refractivity contribution is 7.25. The average molecular weight is 270 g/mol. The first kappa shape index (κ1) is 10.3. The Morgan fingerprint density at radius 2 is 1.72 bits per heavy atom.